The van der Waals surface area contributed by atoms with Crippen molar-refractivity contribution >= 4 is 70.2 Å². The third-order valence-corrected chi connectivity index (χ3v) is 11.9. The molecule has 0 saturated carbocycles. The van der Waals surface area contributed by atoms with Crippen molar-refractivity contribution in [1.82, 2.24) is 30.2 Å². The standard InChI is InChI=1S/2C24H28N4O4.2ClH.H2O/c2*1-27(24(29)32-16-17-7-5-4-6-8-17)19-9-11-28(12-10-19)23-20-14-22(31-3)21(30-2)13-18(20)15-25-26-23;;;/h2*4-8,13-15,19H,9-12,16H2,1-3H3;2*1H;1H2. The first-order chi connectivity index (χ1) is 31.2. The molecule has 0 atom stereocenters. The minimum atomic E-state index is -0.297. The summed E-state index contributed by atoms with van der Waals surface area (Å²) in [6.07, 6.45) is 6.15. The number of hydrogen-bond donors (Lipinski definition) is 0. The topological polar surface area (TPSA) is 186 Å². The molecule has 2 fully saturated rings. The van der Waals surface area contributed by atoms with E-state index in [1.54, 1.807) is 50.6 Å². The van der Waals surface area contributed by atoms with Gasteiger partial charge in [-0.25, -0.2) is 9.59 Å². The van der Waals surface area contributed by atoms with Crippen LogP contribution < -0.4 is 28.7 Å². The maximum atomic E-state index is 12.5. The van der Waals surface area contributed by atoms with Crippen molar-refractivity contribution in [1.29, 1.82) is 0 Å². The van der Waals surface area contributed by atoms with Crippen LogP contribution in [0, 0.1) is 0 Å². The fourth-order valence-corrected chi connectivity index (χ4v) is 8.13. The highest BCUT2D eigenvalue weighted by atomic mass is 35.5. The zero-order valence-electron chi connectivity index (χ0n) is 38.6. The van der Waals surface area contributed by atoms with Crippen molar-refractivity contribution in [3.05, 3.63) is 108 Å². The van der Waals surface area contributed by atoms with Gasteiger partial charge in [-0.05, 0) is 61.1 Å². The van der Waals surface area contributed by atoms with Crippen LogP contribution >= 0.6 is 24.8 Å². The molecule has 0 spiro atoms. The molecule has 2 aromatic heterocycles. The zero-order chi connectivity index (χ0) is 45.0. The fraction of sp³-hybridized carbons (Fsp3) is 0.375. The van der Waals surface area contributed by atoms with Crippen molar-refractivity contribution in [2.75, 3.05) is 78.5 Å². The summed E-state index contributed by atoms with van der Waals surface area (Å²) in [6.45, 7) is 3.62. The van der Waals surface area contributed by atoms with Crippen molar-refractivity contribution in [2.24, 2.45) is 0 Å². The number of fused-ring (bicyclic) bond motifs is 2. The molecule has 2 amide bonds. The second-order valence-electron chi connectivity index (χ2n) is 15.7. The number of hydrogen-bond acceptors (Lipinski definition) is 14. The second kappa shape index (κ2) is 25.4. The number of aromatic nitrogens is 4. The number of carbonyl (C=O) groups is 2. The van der Waals surface area contributed by atoms with Crippen molar-refractivity contribution < 1.29 is 43.5 Å². The lowest BCUT2D eigenvalue weighted by Gasteiger charge is -2.37. The number of amides is 2. The van der Waals surface area contributed by atoms with E-state index in [1.807, 2.05) is 99.0 Å². The SMILES string of the molecule is COc1cc2cnnc(N3CCC(N(C)C(=O)OCc4ccccc4)CC3)c2cc1OC.COc1cc2cnnc(N3CCC(N(C)C(=O)OCc4ccccc4)CC3)c2cc1OC.Cl.Cl.O. The molecule has 19 heteroatoms. The molecule has 67 heavy (non-hydrogen) atoms. The Morgan fingerprint density at radius 2 is 0.881 bits per heavy atom. The number of anilines is 2. The first-order valence-electron chi connectivity index (χ1n) is 21.3. The summed E-state index contributed by atoms with van der Waals surface area (Å²) in [7, 11) is 10.1. The Hall–Kier alpha value is -6.56. The highest BCUT2D eigenvalue weighted by molar-refractivity contribution is 5.95. The van der Waals surface area contributed by atoms with Crippen LogP contribution in [0.1, 0.15) is 36.8 Å². The van der Waals surface area contributed by atoms with Crippen LogP contribution in [0.5, 0.6) is 23.0 Å². The van der Waals surface area contributed by atoms with Gasteiger partial charge >= 0.3 is 12.2 Å². The number of benzene rings is 4. The largest absolute Gasteiger partial charge is 0.493 e. The van der Waals surface area contributed by atoms with Gasteiger partial charge in [-0.2, -0.15) is 10.2 Å². The van der Waals surface area contributed by atoms with Gasteiger partial charge in [0, 0.05) is 73.9 Å². The zero-order valence-corrected chi connectivity index (χ0v) is 40.3. The van der Waals surface area contributed by atoms with E-state index in [2.05, 4.69) is 30.2 Å². The number of piperidine rings is 2. The van der Waals surface area contributed by atoms with E-state index in [0.717, 1.165) is 96.2 Å². The molecule has 8 rings (SSSR count). The van der Waals surface area contributed by atoms with Gasteiger partial charge in [-0.3, -0.25) is 0 Å². The Kier molecular flexibility index (Phi) is 20.1. The van der Waals surface area contributed by atoms with E-state index in [1.165, 1.54) is 0 Å². The molecular formula is C48H60Cl2N8O9. The van der Waals surface area contributed by atoms with Crippen LogP contribution in [0.25, 0.3) is 21.5 Å². The highest BCUT2D eigenvalue weighted by Crippen LogP contribution is 2.37. The molecule has 0 aliphatic carbocycles. The van der Waals surface area contributed by atoms with E-state index in [0.29, 0.717) is 23.0 Å². The summed E-state index contributed by atoms with van der Waals surface area (Å²) in [4.78, 5) is 32.9. The molecule has 360 valence electrons. The smallest absolute Gasteiger partial charge is 0.410 e. The van der Waals surface area contributed by atoms with Gasteiger partial charge in [0.2, 0.25) is 0 Å². The van der Waals surface area contributed by atoms with Gasteiger partial charge < -0.3 is 53.5 Å². The molecular weight excluding hydrogens is 903 g/mol. The minimum absolute atomic E-state index is 0. The lowest BCUT2D eigenvalue weighted by molar-refractivity contribution is 0.0856. The summed E-state index contributed by atoms with van der Waals surface area (Å²) in [5.74, 6) is 4.27. The molecule has 2 aliphatic rings. The maximum Gasteiger partial charge on any atom is 0.410 e. The van der Waals surface area contributed by atoms with E-state index in [-0.39, 0.29) is 67.8 Å². The molecule has 2 N–H and O–H groups in total. The predicted molar refractivity (Wildman–Crippen MR) is 263 cm³/mol. The van der Waals surface area contributed by atoms with Gasteiger partial charge in [0.15, 0.2) is 34.6 Å². The third-order valence-electron chi connectivity index (χ3n) is 11.9. The van der Waals surface area contributed by atoms with Gasteiger partial charge in [0.05, 0.1) is 40.8 Å². The molecule has 4 heterocycles. The van der Waals surface area contributed by atoms with Crippen molar-refractivity contribution in [2.45, 2.75) is 51.0 Å². The molecule has 0 bridgehead atoms. The number of carbonyl (C=O) groups excluding carboxylic acids is 2. The third kappa shape index (κ3) is 12.9. The number of ether oxygens (including phenoxy) is 6. The molecule has 17 nitrogen and oxygen atoms in total. The maximum absolute atomic E-state index is 12.5. The fourth-order valence-electron chi connectivity index (χ4n) is 8.13. The van der Waals surface area contributed by atoms with E-state index >= 15 is 0 Å². The van der Waals surface area contributed by atoms with Crippen LogP contribution in [-0.2, 0) is 22.7 Å². The number of halogens is 2. The Bertz CT molecular complexity index is 2330. The normalized spacial score (nSPS) is 13.6. The van der Waals surface area contributed by atoms with Gasteiger partial charge in [-0.1, -0.05) is 60.7 Å². The van der Waals surface area contributed by atoms with Crippen LogP contribution in [0.15, 0.2) is 97.3 Å². The molecule has 2 saturated heterocycles. The first kappa shape index (κ1) is 53.1. The van der Waals surface area contributed by atoms with Crippen molar-refractivity contribution in [3.63, 3.8) is 0 Å². The van der Waals surface area contributed by atoms with Gasteiger partial charge in [0.1, 0.15) is 13.2 Å². The molecule has 0 radical (unpaired) electrons. The number of nitrogens with zero attached hydrogens (tertiary/aromatic N) is 8. The van der Waals surface area contributed by atoms with E-state index in [9.17, 15) is 9.59 Å². The van der Waals surface area contributed by atoms with E-state index < -0.39 is 0 Å². The minimum Gasteiger partial charge on any atom is -0.493 e. The highest BCUT2D eigenvalue weighted by Gasteiger charge is 2.30. The summed E-state index contributed by atoms with van der Waals surface area (Å²) < 4.78 is 32.7. The predicted octanol–water partition coefficient (Wildman–Crippen LogP) is 7.79. The van der Waals surface area contributed by atoms with Gasteiger partial charge in [0.25, 0.3) is 0 Å². The lowest BCUT2D eigenvalue weighted by Crippen LogP contribution is -2.46. The lowest BCUT2D eigenvalue weighted by atomic mass is 10.0. The molecule has 6 aromatic rings. The summed E-state index contributed by atoms with van der Waals surface area (Å²) >= 11 is 0. The Morgan fingerprint density at radius 3 is 1.21 bits per heavy atom. The average molecular weight is 964 g/mol. The Labute approximate surface area is 403 Å². The summed E-state index contributed by atoms with van der Waals surface area (Å²) in [6, 6.07) is 27.4. The Balaban J connectivity index is 0.000000280. The van der Waals surface area contributed by atoms with Crippen LogP contribution in [0.4, 0.5) is 21.2 Å². The summed E-state index contributed by atoms with van der Waals surface area (Å²) in [5.41, 5.74) is 1.95. The number of methoxy groups -OCH3 is 4. The van der Waals surface area contributed by atoms with Crippen LogP contribution in [0.3, 0.4) is 0 Å². The summed E-state index contributed by atoms with van der Waals surface area (Å²) in [5, 5.41) is 21.0. The second-order valence-corrected chi connectivity index (χ2v) is 15.7. The average Bonchev–Trinajstić information content (AvgIpc) is 3.36. The quantitative estimate of drug-likeness (QED) is 0.116. The van der Waals surface area contributed by atoms with Crippen molar-refractivity contribution in [3.8, 4) is 23.0 Å². The Morgan fingerprint density at radius 1 is 0.552 bits per heavy atom. The first-order valence-corrected chi connectivity index (χ1v) is 21.3. The van der Waals surface area contributed by atoms with Crippen LogP contribution in [-0.4, -0.2) is 129 Å². The van der Waals surface area contributed by atoms with Crippen LogP contribution in [0.2, 0.25) is 0 Å². The van der Waals surface area contributed by atoms with Gasteiger partial charge in [-0.15, -0.1) is 35.0 Å². The number of rotatable bonds is 12. The molecule has 2 aliphatic heterocycles. The molecule has 0 unspecified atom stereocenters. The molecule has 4 aromatic carbocycles. The monoisotopic (exact) mass is 962 g/mol. The van der Waals surface area contributed by atoms with E-state index in [4.69, 9.17) is 28.4 Å².